The number of carbonyl (C=O) groups excluding carboxylic acids is 1. The van der Waals surface area contributed by atoms with Crippen molar-refractivity contribution in [1.29, 1.82) is 0 Å². The summed E-state index contributed by atoms with van der Waals surface area (Å²) in [6.45, 7) is 4.33. The monoisotopic (exact) mass is 168 g/mol. The number of carbonyl (C=O) groups is 1. The molecule has 1 nitrogen and oxygen atoms in total. The maximum atomic E-state index is 11.6. The Bertz CT molecular complexity index is 147. The minimum Gasteiger partial charge on any atom is -0.299 e. The molecule has 0 aromatic carbocycles. The standard InChI is InChI=1S/C11H20O/c1-3-5-6-9(4-2)11(12)10-7-8-10/h9-10H,3-8H2,1-2H3. The van der Waals surface area contributed by atoms with Crippen molar-refractivity contribution in [3.05, 3.63) is 0 Å². The Morgan fingerprint density at radius 2 is 2.08 bits per heavy atom. The van der Waals surface area contributed by atoms with Crippen LogP contribution in [0.2, 0.25) is 0 Å². The van der Waals surface area contributed by atoms with Crippen LogP contribution in [0.3, 0.4) is 0 Å². The Morgan fingerprint density at radius 1 is 1.42 bits per heavy atom. The summed E-state index contributed by atoms with van der Waals surface area (Å²) in [5, 5.41) is 0. The molecular weight excluding hydrogens is 148 g/mol. The molecule has 0 spiro atoms. The number of ketones is 1. The molecule has 70 valence electrons. The molecule has 1 aliphatic carbocycles. The second-order valence-corrected chi connectivity index (χ2v) is 3.92. The van der Waals surface area contributed by atoms with E-state index in [9.17, 15) is 4.79 Å². The summed E-state index contributed by atoms with van der Waals surface area (Å²) >= 11 is 0. The molecule has 0 heterocycles. The molecule has 1 atom stereocenters. The first kappa shape index (κ1) is 9.76. The smallest absolute Gasteiger partial charge is 0.139 e. The average Bonchev–Trinajstić information content (AvgIpc) is 2.88. The van der Waals surface area contributed by atoms with Gasteiger partial charge in [-0.2, -0.15) is 0 Å². The summed E-state index contributed by atoms with van der Waals surface area (Å²) in [4.78, 5) is 11.6. The third kappa shape index (κ3) is 2.62. The van der Waals surface area contributed by atoms with E-state index in [1.165, 1.54) is 25.7 Å². The van der Waals surface area contributed by atoms with Gasteiger partial charge in [0.15, 0.2) is 0 Å². The SMILES string of the molecule is CCCCC(CC)C(=O)C1CC1. The van der Waals surface area contributed by atoms with E-state index in [-0.39, 0.29) is 0 Å². The molecule has 0 saturated heterocycles. The molecule has 1 fully saturated rings. The first-order valence-corrected chi connectivity index (χ1v) is 5.33. The van der Waals surface area contributed by atoms with Gasteiger partial charge >= 0.3 is 0 Å². The highest BCUT2D eigenvalue weighted by molar-refractivity contribution is 5.85. The molecular formula is C11H20O. The lowest BCUT2D eigenvalue weighted by molar-refractivity contribution is -0.124. The van der Waals surface area contributed by atoms with Gasteiger partial charge in [0, 0.05) is 11.8 Å². The van der Waals surface area contributed by atoms with Crippen molar-refractivity contribution in [2.45, 2.75) is 52.4 Å². The van der Waals surface area contributed by atoms with Crippen molar-refractivity contribution < 1.29 is 4.79 Å². The Balaban J connectivity index is 2.27. The normalized spacial score (nSPS) is 19.2. The van der Waals surface area contributed by atoms with Gasteiger partial charge in [-0.1, -0.05) is 26.7 Å². The minimum atomic E-state index is 0.387. The third-order valence-electron chi connectivity index (χ3n) is 2.78. The van der Waals surface area contributed by atoms with E-state index in [1.807, 2.05) is 0 Å². The van der Waals surface area contributed by atoms with Gasteiger partial charge in [-0.25, -0.2) is 0 Å². The third-order valence-corrected chi connectivity index (χ3v) is 2.78. The van der Waals surface area contributed by atoms with Crippen LogP contribution in [0.15, 0.2) is 0 Å². The molecule has 0 N–H and O–H groups in total. The Morgan fingerprint density at radius 3 is 2.50 bits per heavy atom. The van der Waals surface area contributed by atoms with Gasteiger partial charge in [0.1, 0.15) is 5.78 Å². The zero-order valence-electron chi connectivity index (χ0n) is 8.31. The van der Waals surface area contributed by atoms with Crippen LogP contribution in [0, 0.1) is 11.8 Å². The summed E-state index contributed by atoms with van der Waals surface area (Å²) < 4.78 is 0. The summed E-state index contributed by atoms with van der Waals surface area (Å²) in [6, 6.07) is 0. The molecule has 1 unspecified atom stereocenters. The van der Waals surface area contributed by atoms with Crippen molar-refractivity contribution in [2.24, 2.45) is 11.8 Å². The minimum absolute atomic E-state index is 0.387. The van der Waals surface area contributed by atoms with Gasteiger partial charge in [0.05, 0.1) is 0 Å². The molecule has 12 heavy (non-hydrogen) atoms. The van der Waals surface area contributed by atoms with Gasteiger partial charge < -0.3 is 0 Å². The first-order valence-electron chi connectivity index (χ1n) is 5.33. The highest BCUT2D eigenvalue weighted by atomic mass is 16.1. The van der Waals surface area contributed by atoms with Gasteiger partial charge in [-0.3, -0.25) is 4.79 Å². The number of Topliss-reactive ketones (excluding diaryl/α,β-unsaturated/α-hetero) is 1. The van der Waals surface area contributed by atoms with Crippen LogP contribution in [0.5, 0.6) is 0 Å². The lowest BCUT2D eigenvalue weighted by Crippen LogP contribution is -2.15. The van der Waals surface area contributed by atoms with Gasteiger partial charge in [0.25, 0.3) is 0 Å². The zero-order valence-corrected chi connectivity index (χ0v) is 8.31. The lowest BCUT2D eigenvalue weighted by atomic mass is 9.92. The summed E-state index contributed by atoms with van der Waals surface area (Å²) in [5.74, 6) is 1.41. The van der Waals surface area contributed by atoms with Crippen LogP contribution in [0.1, 0.15) is 52.4 Å². The van der Waals surface area contributed by atoms with E-state index in [2.05, 4.69) is 13.8 Å². The lowest BCUT2D eigenvalue weighted by Gasteiger charge is -2.11. The van der Waals surface area contributed by atoms with Gasteiger partial charge in [-0.05, 0) is 25.7 Å². The van der Waals surface area contributed by atoms with Crippen molar-refractivity contribution in [2.75, 3.05) is 0 Å². The van der Waals surface area contributed by atoms with Crippen molar-refractivity contribution >= 4 is 5.78 Å². The zero-order chi connectivity index (χ0) is 8.97. The second kappa shape index (κ2) is 4.64. The summed E-state index contributed by atoms with van der Waals surface area (Å²) in [6.07, 6.45) is 6.95. The van der Waals surface area contributed by atoms with E-state index < -0.39 is 0 Å². The molecule has 0 aromatic heterocycles. The van der Waals surface area contributed by atoms with E-state index in [0.717, 1.165) is 12.8 Å². The highest BCUT2D eigenvalue weighted by Gasteiger charge is 2.33. The topological polar surface area (TPSA) is 17.1 Å². The molecule has 1 saturated carbocycles. The predicted octanol–water partition coefficient (Wildman–Crippen LogP) is 3.18. The molecule has 0 radical (unpaired) electrons. The molecule has 0 bridgehead atoms. The van der Waals surface area contributed by atoms with Crippen LogP contribution >= 0.6 is 0 Å². The Hall–Kier alpha value is -0.330. The van der Waals surface area contributed by atoms with E-state index in [1.54, 1.807) is 0 Å². The number of rotatable bonds is 6. The molecule has 1 rings (SSSR count). The van der Waals surface area contributed by atoms with Crippen LogP contribution in [0.4, 0.5) is 0 Å². The molecule has 1 heteroatoms. The maximum absolute atomic E-state index is 11.6. The van der Waals surface area contributed by atoms with Gasteiger partial charge in [0.2, 0.25) is 0 Å². The Kier molecular flexibility index (Phi) is 3.77. The molecule has 0 aromatic rings. The molecule has 1 aliphatic rings. The molecule has 0 amide bonds. The van der Waals surface area contributed by atoms with Crippen LogP contribution in [-0.4, -0.2) is 5.78 Å². The van der Waals surface area contributed by atoms with Gasteiger partial charge in [-0.15, -0.1) is 0 Å². The van der Waals surface area contributed by atoms with E-state index >= 15 is 0 Å². The average molecular weight is 168 g/mol. The maximum Gasteiger partial charge on any atom is 0.139 e. The second-order valence-electron chi connectivity index (χ2n) is 3.92. The number of unbranched alkanes of at least 4 members (excludes halogenated alkanes) is 1. The summed E-state index contributed by atoms with van der Waals surface area (Å²) in [5.41, 5.74) is 0. The fourth-order valence-electron chi connectivity index (χ4n) is 1.70. The Labute approximate surface area is 75.5 Å². The molecule has 0 aliphatic heterocycles. The quantitative estimate of drug-likeness (QED) is 0.595. The van der Waals surface area contributed by atoms with Crippen LogP contribution < -0.4 is 0 Å². The predicted molar refractivity (Wildman–Crippen MR) is 51.0 cm³/mol. The largest absolute Gasteiger partial charge is 0.299 e. The van der Waals surface area contributed by atoms with Crippen molar-refractivity contribution in [3.63, 3.8) is 0 Å². The van der Waals surface area contributed by atoms with Crippen molar-refractivity contribution in [1.82, 2.24) is 0 Å². The summed E-state index contributed by atoms with van der Waals surface area (Å²) in [7, 11) is 0. The van der Waals surface area contributed by atoms with E-state index in [0.29, 0.717) is 17.6 Å². The fraction of sp³-hybridized carbons (Fsp3) is 0.909. The fourth-order valence-corrected chi connectivity index (χ4v) is 1.70. The van der Waals surface area contributed by atoms with E-state index in [4.69, 9.17) is 0 Å². The number of hydrogen-bond acceptors (Lipinski definition) is 1. The highest BCUT2D eigenvalue weighted by Crippen LogP contribution is 2.34. The van der Waals surface area contributed by atoms with Crippen molar-refractivity contribution in [3.8, 4) is 0 Å². The van der Waals surface area contributed by atoms with Crippen LogP contribution in [-0.2, 0) is 4.79 Å². The number of hydrogen-bond donors (Lipinski definition) is 0. The first-order chi connectivity index (χ1) is 5.79. The van der Waals surface area contributed by atoms with Crippen LogP contribution in [0.25, 0.3) is 0 Å².